The number of carbonyl (C=O) groups excluding carboxylic acids is 1. The van der Waals surface area contributed by atoms with Crippen molar-refractivity contribution >= 4 is 18.3 Å². The quantitative estimate of drug-likeness (QED) is 0.793. The Hall–Kier alpha value is -2.31. The van der Waals surface area contributed by atoms with E-state index < -0.39 is 23.5 Å². The number of aromatic amines is 1. The molecule has 0 unspecified atom stereocenters. The number of likely N-dealkylation sites (N-methyl/N-ethyl adjacent to an activating group) is 1. The Morgan fingerprint density at radius 3 is 3.00 bits per heavy atom. The molecule has 1 aromatic heterocycles. The topological polar surface area (TPSA) is 95.0 Å². The molecule has 0 aromatic carbocycles. The highest BCUT2D eigenvalue weighted by atomic mass is 16.5. The highest BCUT2D eigenvalue weighted by molar-refractivity contribution is 5.87. The van der Waals surface area contributed by atoms with Gasteiger partial charge in [0.05, 0.1) is 11.9 Å². The van der Waals surface area contributed by atoms with Crippen molar-refractivity contribution in [3.63, 3.8) is 0 Å². The molecule has 0 amide bonds. The number of aromatic nitrogens is 1. The summed E-state index contributed by atoms with van der Waals surface area (Å²) in [7, 11) is 1.78. The molecule has 20 heavy (non-hydrogen) atoms. The van der Waals surface area contributed by atoms with E-state index in [9.17, 15) is 9.59 Å². The molecule has 0 spiro atoms. The third-order valence-electron chi connectivity index (χ3n) is 3.52. The van der Waals surface area contributed by atoms with Crippen LogP contribution in [-0.2, 0) is 9.53 Å². The molecule has 0 aliphatic carbocycles. The van der Waals surface area contributed by atoms with Crippen LogP contribution in [0.4, 0.5) is 0 Å². The van der Waals surface area contributed by atoms with Gasteiger partial charge in [0.1, 0.15) is 12.3 Å². The molecule has 1 aliphatic heterocycles. The van der Waals surface area contributed by atoms with E-state index in [4.69, 9.17) is 9.84 Å². The second kappa shape index (κ2) is 5.36. The minimum absolute atomic E-state index is 0.0944. The van der Waals surface area contributed by atoms with Gasteiger partial charge in [-0.25, -0.2) is 9.59 Å². The summed E-state index contributed by atoms with van der Waals surface area (Å²) >= 11 is 0. The smallest absolute Gasteiger partial charge is 0.354 e. The lowest BCUT2D eigenvalue weighted by Crippen LogP contribution is -2.53. The van der Waals surface area contributed by atoms with Gasteiger partial charge in [-0.05, 0) is 19.1 Å². The number of ether oxygens (including phenoxy) is 1. The number of carboxylic acid groups (broad SMARTS) is 1. The van der Waals surface area contributed by atoms with Gasteiger partial charge in [-0.2, -0.15) is 0 Å². The lowest BCUT2D eigenvalue weighted by atomic mass is 9.91. The van der Waals surface area contributed by atoms with Crippen molar-refractivity contribution in [2.45, 2.75) is 24.9 Å². The molecule has 0 radical (unpaired) electrons. The number of rotatable bonds is 4. The van der Waals surface area contributed by atoms with Crippen molar-refractivity contribution in [2.24, 2.45) is 4.99 Å². The van der Waals surface area contributed by atoms with Crippen molar-refractivity contribution in [1.29, 1.82) is 0 Å². The van der Waals surface area contributed by atoms with Crippen LogP contribution in [0.25, 0.3) is 0 Å². The van der Waals surface area contributed by atoms with Crippen molar-refractivity contribution in [2.75, 3.05) is 13.7 Å². The van der Waals surface area contributed by atoms with Crippen LogP contribution in [0, 0.1) is 0 Å². The fourth-order valence-electron chi connectivity index (χ4n) is 2.00. The van der Waals surface area contributed by atoms with E-state index >= 15 is 0 Å². The van der Waals surface area contributed by atoms with E-state index in [0.29, 0.717) is 5.69 Å². The summed E-state index contributed by atoms with van der Waals surface area (Å²) in [6.07, 6.45) is 3.40. The number of nitrogens with one attached hydrogen (secondary N) is 1. The van der Waals surface area contributed by atoms with E-state index in [1.54, 1.807) is 30.3 Å². The van der Waals surface area contributed by atoms with Gasteiger partial charge in [0.2, 0.25) is 0 Å². The zero-order chi connectivity index (χ0) is 14.8. The van der Waals surface area contributed by atoms with Crippen LogP contribution in [-0.4, -0.2) is 58.5 Å². The molecule has 1 aliphatic rings. The fourth-order valence-corrected chi connectivity index (χ4v) is 2.00. The predicted molar refractivity (Wildman–Crippen MR) is 71.8 cm³/mol. The summed E-state index contributed by atoms with van der Waals surface area (Å²) in [5.74, 6) is -1.43. The first kappa shape index (κ1) is 14.1. The maximum absolute atomic E-state index is 11.8. The third-order valence-corrected chi connectivity index (χ3v) is 3.52. The van der Waals surface area contributed by atoms with Gasteiger partial charge in [0, 0.05) is 19.7 Å². The Morgan fingerprint density at radius 2 is 2.40 bits per heavy atom. The number of esters is 1. The minimum Gasteiger partial charge on any atom is -0.480 e. The molecule has 0 bridgehead atoms. The summed E-state index contributed by atoms with van der Waals surface area (Å²) < 4.78 is 5.26. The first-order valence-electron chi connectivity index (χ1n) is 6.22. The summed E-state index contributed by atoms with van der Waals surface area (Å²) in [6.45, 7) is 1.94. The molecule has 1 aromatic rings. The zero-order valence-electron chi connectivity index (χ0n) is 11.4. The number of carboxylic acids is 1. The maximum Gasteiger partial charge on any atom is 0.354 e. The van der Waals surface area contributed by atoms with Gasteiger partial charge >= 0.3 is 11.9 Å². The van der Waals surface area contributed by atoms with Gasteiger partial charge in [-0.1, -0.05) is 0 Å². The number of hydrogen-bond acceptors (Lipinski definition) is 5. The molecule has 0 fully saturated rings. The normalized spacial score (nSPS) is 25.5. The molecule has 7 heteroatoms. The van der Waals surface area contributed by atoms with Crippen molar-refractivity contribution in [3.05, 3.63) is 24.0 Å². The van der Waals surface area contributed by atoms with Crippen molar-refractivity contribution in [3.8, 4) is 0 Å². The summed E-state index contributed by atoms with van der Waals surface area (Å²) in [4.78, 5) is 31.3. The Labute approximate surface area is 116 Å². The number of H-pyrrole nitrogens is 1. The standard InChI is InChI=1S/C13H17N3O4/c1-13(6-10(11(17)18)15-8-16(13)2)7-20-12(19)9-4-3-5-14-9/h3-5,8,10,14H,6-7H2,1-2H3,(H,17,18)/t10-,13+/m1/s1. The van der Waals surface area contributed by atoms with Crippen LogP contribution in [0.1, 0.15) is 23.8 Å². The van der Waals surface area contributed by atoms with Gasteiger partial charge < -0.3 is 19.7 Å². The molecule has 2 N–H and O–H groups in total. The van der Waals surface area contributed by atoms with Crippen LogP contribution in [0.3, 0.4) is 0 Å². The maximum atomic E-state index is 11.8. The second-order valence-corrected chi connectivity index (χ2v) is 5.09. The Kier molecular flexibility index (Phi) is 3.78. The first-order valence-corrected chi connectivity index (χ1v) is 6.22. The van der Waals surface area contributed by atoms with Crippen molar-refractivity contribution in [1.82, 2.24) is 9.88 Å². The Morgan fingerprint density at radius 1 is 1.65 bits per heavy atom. The largest absolute Gasteiger partial charge is 0.480 e. The van der Waals surface area contributed by atoms with E-state index in [1.807, 2.05) is 6.92 Å². The molecule has 2 heterocycles. The number of hydrogen-bond donors (Lipinski definition) is 2. The van der Waals surface area contributed by atoms with Crippen LogP contribution < -0.4 is 0 Å². The molecular formula is C13H17N3O4. The molecular weight excluding hydrogens is 262 g/mol. The van der Waals surface area contributed by atoms with E-state index in [0.717, 1.165) is 0 Å². The average molecular weight is 279 g/mol. The van der Waals surface area contributed by atoms with Crippen LogP contribution in [0.5, 0.6) is 0 Å². The molecule has 108 valence electrons. The van der Waals surface area contributed by atoms with Crippen molar-refractivity contribution < 1.29 is 19.4 Å². The lowest BCUT2D eigenvalue weighted by Gasteiger charge is -2.41. The van der Waals surface area contributed by atoms with Gasteiger partial charge in [-0.3, -0.25) is 4.99 Å². The van der Waals surface area contributed by atoms with Crippen LogP contribution in [0.15, 0.2) is 23.3 Å². The Bertz CT molecular complexity index is 526. The fraction of sp³-hybridized carbons (Fsp3) is 0.462. The molecule has 0 saturated carbocycles. The van der Waals surface area contributed by atoms with E-state index in [2.05, 4.69) is 9.98 Å². The minimum atomic E-state index is -0.976. The monoisotopic (exact) mass is 279 g/mol. The van der Waals surface area contributed by atoms with Gasteiger partial charge in [0.15, 0.2) is 6.04 Å². The summed E-state index contributed by atoms with van der Waals surface area (Å²) in [5.41, 5.74) is -0.219. The zero-order valence-corrected chi connectivity index (χ0v) is 11.4. The number of nitrogens with zero attached hydrogens (tertiary/aromatic N) is 2. The molecule has 7 nitrogen and oxygen atoms in total. The molecule has 0 saturated heterocycles. The van der Waals surface area contributed by atoms with E-state index in [-0.39, 0.29) is 13.0 Å². The summed E-state index contributed by atoms with van der Waals surface area (Å²) in [5, 5.41) is 9.04. The number of aliphatic carboxylic acids is 1. The number of aliphatic imine (C=N–C) groups is 1. The first-order chi connectivity index (χ1) is 9.42. The van der Waals surface area contributed by atoms with E-state index in [1.165, 1.54) is 6.34 Å². The predicted octanol–water partition coefficient (Wildman–Crippen LogP) is 0.747. The summed E-state index contributed by atoms with van der Waals surface area (Å²) in [6, 6.07) is 2.52. The lowest BCUT2D eigenvalue weighted by molar-refractivity contribution is -0.139. The average Bonchev–Trinajstić information content (AvgIpc) is 2.93. The molecule has 2 atom stereocenters. The second-order valence-electron chi connectivity index (χ2n) is 5.09. The van der Waals surface area contributed by atoms with Crippen LogP contribution >= 0.6 is 0 Å². The highest BCUT2D eigenvalue weighted by Crippen LogP contribution is 2.25. The molecule has 2 rings (SSSR count). The van der Waals surface area contributed by atoms with Crippen LogP contribution in [0.2, 0.25) is 0 Å². The van der Waals surface area contributed by atoms with Gasteiger partial charge in [-0.15, -0.1) is 0 Å². The van der Waals surface area contributed by atoms with Gasteiger partial charge in [0.25, 0.3) is 0 Å². The SMILES string of the molecule is CN1C=N[C@@H](C(=O)O)C[C@@]1(C)COC(=O)c1ccc[nH]1. The Balaban J connectivity index is 2.01. The highest BCUT2D eigenvalue weighted by Gasteiger charge is 2.38. The number of carbonyl (C=O) groups is 2. The third kappa shape index (κ3) is 2.81.